The van der Waals surface area contributed by atoms with E-state index in [0.29, 0.717) is 33.9 Å². The van der Waals surface area contributed by atoms with Crippen LogP contribution in [0.25, 0.3) is 22.3 Å². The SMILES string of the molecule is Cc1ccnc(NC(=O)c2ccc(-c3nn(C4CCN(N)CC4)c4ncnc(N)c34)cc2)c1. The lowest BCUT2D eigenvalue weighted by molar-refractivity contribution is 0.102. The Kier molecular flexibility index (Phi) is 5.45. The topological polar surface area (TPSA) is 141 Å². The van der Waals surface area contributed by atoms with Gasteiger partial charge in [0.1, 0.15) is 23.7 Å². The zero-order valence-electron chi connectivity index (χ0n) is 18.3. The van der Waals surface area contributed by atoms with Gasteiger partial charge in [-0.2, -0.15) is 5.10 Å². The predicted octanol–water partition coefficient (Wildman–Crippen LogP) is 2.54. The predicted molar refractivity (Wildman–Crippen MR) is 126 cm³/mol. The summed E-state index contributed by atoms with van der Waals surface area (Å²) >= 11 is 0. The normalized spacial score (nSPS) is 15.1. The van der Waals surface area contributed by atoms with Crippen molar-refractivity contribution in [3.05, 3.63) is 60.0 Å². The van der Waals surface area contributed by atoms with Crippen LogP contribution in [0, 0.1) is 6.92 Å². The lowest BCUT2D eigenvalue weighted by Crippen LogP contribution is -2.39. The summed E-state index contributed by atoms with van der Waals surface area (Å²) < 4.78 is 1.94. The van der Waals surface area contributed by atoms with Crippen molar-refractivity contribution in [3.63, 3.8) is 0 Å². The van der Waals surface area contributed by atoms with E-state index in [2.05, 4.69) is 20.3 Å². The molecule has 0 atom stereocenters. The molecule has 10 heteroatoms. The van der Waals surface area contributed by atoms with E-state index in [9.17, 15) is 4.79 Å². The minimum Gasteiger partial charge on any atom is -0.383 e. The van der Waals surface area contributed by atoms with Gasteiger partial charge in [0.2, 0.25) is 0 Å². The number of benzene rings is 1. The summed E-state index contributed by atoms with van der Waals surface area (Å²) in [4.78, 5) is 25.5. The Morgan fingerprint density at radius 3 is 2.58 bits per heavy atom. The molecule has 1 aromatic carbocycles. The van der Waals surface area contributed by atoms with Gasteiger partial charge in [-0.15, -0.1) is 0 Å². The number of anilines is 2. The highest BCUT2D eigenvalue weighted by Gasteiger charge is 2.25. The maximum Gasteiger partial charge on any atom is 0.256 e. The number of aromatic nitrogens is 5. The molecule has 1 saturated heterocycles. The van der Waals surface area contributed by atoms with Crippen molar-refractivity contribution in [2.75, 3.05) is 24.1 Å². The number of hydrogen-bond acceptors (Lipinski definition) is 8. The molecule has 0 unspecified atom stereocenters. The number of nitrogens with zero attached hydrogens (tertiary/aromatic N) is 6. The number of carbonyl (C=O) groups is 1. The second kappa shape index (κ2) is 8.57. The first-order valence-electron chi connectivity index (χ1n) is 10.8. The fourth-order valence-electron chi connectivity index (χ4n) is 4.15. The highest BCUT2D eigenvalue weighted by Crippen LogP contribution is 2.34. The highest BCUT2D eigenvalue weighted by molar-refractivity contribution is 6.04. The summed E-state index contributed by atoms with van der Waals surface area (Å²) in [7, 11) is 0. The number of piperidine rings is 1. The van der Waals surface area contributed by atoms with Crippen LogP contribution in [0.1, 0.15) is 34.8 Å². The Hall–Kier alpha value is -3.89. The van der Waals surface area contributed by atoms with Crippen LogP contribution in [0.2, 0.25) is 0 Å². The van der Waals surface area contributed by atoms with Crippen molar-refractivity contribution < 1.29 is 4.79 Å². The molecule has 4 heterocycles. The van der Waals surface area contributed by atoms with E-state index < -0.39 is 0 Å². The van der Waals surface area contributed by atoms with Gasteiger partial charge >= 0.3 is 0 Å². The Morgan fingerprint density at radius 2 is 1.85 bits per heavy atom. The van der Waals surface area contributed by atoms with Crippen LogP contribution in [0.15, 0.2) is 48.9 Å². The van der Waals surface area contributed by atoms with E-state index in [1.807, 2.05) is 40.9 Å². The van der Waals surface area contributed by atoms with Gasteiger partial charge in [0.05, 0.1) is 11.4 Å². The summed E-state index contributed by atoms with van der Waals surface area (Å²) in [5.41, 5.74) is 10.0. The van der Waals surface area contributed by atoms with Crippen LogP contribution in [0.3, 0.4) is 0 Å². The van der Waals surface area contributed by atoms with Gasteiger partial charge in [-0.25, -0.2) is 24.6 Å². The lowest BCUT2D eigenvalue weighted by Gasteiger charge is -2.28. The monoisotopic (exact) mass is 443 g/mol. The van der Waals surface area contributed by atoms with Gasteiger partial charge in [-0.1, -0.05) is 12.1 Å². The second-order valence-corrected chi connectivity index (χ2v) is 8.27. The summed E-state index contributed by atoms with van der Waals surface area (Å²) in [5.74, 6) is 6.59. The molecule has 5 rings (SSSR count). The third-order valence-electron chi connectivity index (χ3n) is 5.94. The Morgan fingerprint density at radius 1 is 1.09 bits per heavy atom. The first-order chi connectivity index (χ1) is 16.0. The first-order valence-corrected chi connectivity index (χ1v) is 10.8. The Labute approximate surface area is 190 Å². The fourth-order valence-corrected chi connectivity index (χ4v) is 4.15. The first kappa shape index (κ1) is 21.0. The molecule has 4 aromatic rings. The number of hydrazine groups is 1. The quantitative estimate of drug-likeness (QED) is 0.409. The van der Waals surface area contributed by atoms with Crippen molar-refractivity contribution >= 4 is 28.6 Å². The van der Waals surface area contributed by atoms with Gasteiger partial charge in [-0.05, 0) is 49.6 Å². The largest absolute Gasteiger partial charge is 0.383 e. The molecule has 10 nitrogen and oxygen atoms in total. The number of fused-ring (bicyclic) bond motifs is 1. The van der Waals surface area contributed by atoms with Gasteiger partial charge in [-0.3, -0.25) is 10.6 Å². The van der Waals surface area contributed by atoms with E-state index in [1.165, 1.54) is 6.33 Å². The van der Waals surface area contributed by atoms with Crippen molar-refractivity contribution in [1.82, 2.24) is 29.7 Å². The molecule has 3 aromatic heterocycles. The van der Waals surface area contributed by atoms with Crippen LogP contribution >= 0.6 is 0 Å². The molecule has 0 radical (unpaired) electrons. The number of nitrogens with one attached hydrogen (secondary N) is 1. The maximum absolute atomic E-state index is 12.7. The summed E-state index contributed by atoms with van der Waals surface area (Å²) in [6, 6.07) is 11.1. The standard InChI is InChI=1S/C23H25N9O/c1-14-6-9-26-18(12-14)29-23(33)16-4-2-15(3-5-16)20-19-21(24)27-13-28-22(19)32(30-20)17-7-10-31(25)11-8-17/h2-6,9,12-13,17H,7-8,10-11,25H2,1H3,(H2,24,27,28)(H,26,29,33). The molecule has 0 aliphatic carbocycles. The van der Waals surface area contributed by atoms with E-state index in [4.69, 9.17) is 16.7 Å². The number of hydrogen-bond donors (Lipinski definition) is 3. The zero-order valence-corrected chi connectivity index (χ0v) is 18.3. The van der Waals surface area contributed by atoms with Crippen LogP contribution < -0.4 is 16.9 Å². The molecule has 168 valence electrons. The number of carbonyl (C=O) groups excluding carboxylic acids is 1. The molecule has 5 N–H and O–H groups in total. The number of amides is 1. The number of pyridine rings is 1. The number of rotatable bonds is 4. The second-order valence-electron chi connectivity index (χ2n) is 8.27. The van der Waals surface area contributed by atoms with Crippen molar-refractivity contribution in [1.29, 1.82) is 0 Å². The van der Waals surface area contributed by atoms with Crippen LogP contribution in [-0.4, -0.2) is 48.7 Å². The summed E-state index contributed by atoms with van der Waals surface area (Å²) in [6.45, 7) is 3.54. The van der Waals surface area contributed by atoms with Crippen molar-refractivity contribution in [2.24, 2.45) is 5.84 Å². The summed E-state index contributed by atoms with van der Waals surface area (Å²) in [6.07, 6.45) is 4.88. The Bertz CT molecular complexity index is 1310. The molecular weight excluding hydrogens is 418 g/mol. The molecule has 1 aliphatic heterocycles. The van der Waals surface area contributed by atoms with Gasteiger partial charge in [0.15, 0.2) is 5.65 Å². The number of nitrogen functional groups attached to an aromatic ring is 1. The molecule has 0 bridgehead atoms. The highest BCUT2D eigenvalue weighted by atomic mass is 16.1. The third kappa shape index (κ3) is 4.13. The number of aryl methyl sites for hydroxylation is 1. The van der Waals surface area contributed by atoms with E-state index in [-0.39, 0.29) is 11.9 Å². The number of nitrogens with two attached hydrogens (primary N) is 2. The van der Waals surface area contributed by atoms with Crippen LogP contribution in [0.5, 0.6) is 0 Å². The minimum atomic E-state index is -0.230. The third-order valence-corrected chi connectivity index (χ3v) is 5.94. The van der Waals surface area contributed by atoms with Crippen molar-refractivity contribution in [3.8, 4) is 11.3 Å². The van der Waals surface area contributed by atoms with Gasteiger partial charge < -0.3 is 11.1 Å². The maximum atomic E-state index is 12.7. The van der Waals surface area contributed by atoms with Crippen LogP contribution in [0.4, 0.5) is 11.6 Å². The molecule has 1 aliphatic rings. The Balaban J connectivity index is 1.46. The van der Waals surface area contributed by atoms with E-state index in [0.717, 1.165) is 37.1 Å². The van der Waals surface area contributed by atoms with Gasteiger partial charge in [0.25, 0.3) is 5.91 Å². The molecule has 0 saturated carbocycles. The lowest BCUT2D eigenvalue weighted by atomic mass is 10.1. The summed E-state index contributed by atoms with van der Waals surface area (Å²) in [5, 5.41) is 10.2. The smallest absolute Gasteiger partial charge is 0.256 e. The molecule has 0 spiro atoms. The van der Waals surface area contributed by atoms with Crippen molar-refractivity contribution in [2.45, 2.75) is 25.8 Å². The zero-order chi connectivity index (χ0) is 22.9. The van der Waals surface area contributed by atoms with Gasteiger partial charge in [0, 0.05) is 30.4 Å². The molecule has 33 heavy (non-hydrogen) atoms. The average molecular weight is 444 g/mol. The van der Waals surface area contributed by atoms with E-state index >= 15 is 0 Å². The van der Waals surface area contributed by atoms with Crippen LogP contribution in [-0.2, 0) is 0 Å². The minimum absolute atomic E-state index is 0.183. The van der Waals surface area contributed by atoms with E-state index in [1.54, 1.807) is 18.3 Å². The average Bonchev–Trinajstić information content (AvgIpc) is 3.21. The molecular formula is C23H25N9O. The molecule has 1 amide bonds. The fraction of sp³-hybridized carbons (Fsp3) is 0.261. The molecule has 1 fully saturated rings.